The summed E-state index contributed by atoms with van der Waals surface area (Å²) in [5.41, 5.74) is 3.46. The third kappa shape index (κ3) is 6.87. The van der Waals surface area contributed by atoms with E-state index in [0.717, 1.165) is 34.2 Å². The summed E-state index contributed by atoms with van der Waals surface area (Å²) in [5.74, 6) is -0.445. The van der Waals surface area contributed by atoms with Crippen molar-refractivity contribution in [2.75, 3.05) is 23.6 Å². The minimum atomic E-state index is -1.28. The van der Waals surface area contributed by atoms with Crippen LogP contribution in [0.1, 0.15) is 11.4 Å². The lowest BCUT2D eigenvalue weighted by atomic mass is 10.3. The number of hydrogen-bond donors (Lipinski definition) is 2. The molecule has 0 saturated carbocycles. The van der Waals surface area contributed by atoms with Gasteiger partial charge in [0.15, 0.2) is 17.3 Å². The molecule has 0 aliphatic heterocycles. The fourth-order valence-corrected chi connectivity index (χ4v) is 5.65. The van der Waals surface area contributed by atoms with Crippen LogP contribution in [0, 0.1) is 12.7 Å². The van der Waals surface area contributed by atoms with E-state index in [1.165, 1.54) is 28.5 Å². The first-order valence-corrected chi connectivity index (χ1v) is 17.8. The maximum Gasteiger partial charge on any atom is 0.246 e. The van der Waals surface area contributed by atoms with Crippen molar-refractivity contribution in [3.8, 4) is 11.3 Å². The summed E-state index contributed by atoms with van der Waals surface area (Å²) in [4.78, 5) is 27.6. The normalized spacial score (nSPS) is 11.8. The summed E-state index contributed by atoms with van der Waals surface area (Å²) in [6.45, 7) is 9.41. The topological polar surface area (TPSA) is 136 Å². The summed E-state index contributed by atoms with van der Waals surface area (Å²) in [6, 6.07) is 4.24. The Kier molecular flexibility index (Phi) is 8.72. The Hall–Kier alpha value is -4.05. The highest BCUT2D eigenvalue weighted by molar-refractivity contribution is 7.10. The maximum absolute atomic E-state index is 13.9. The number of aryl methyl sites for hydroxylation is 1. The minimum absolute atomic E-state index is 0.0562. The van der Waals surface area contributed by atoms with E-state index in [9.17, 15) is 14.3 Å². The number of aromatic nitrogens is 7. The third-order valence-corrected chi connectivity index (χ3v) is 8.88. The zero-order chi connectivity index (χ0) is 29.9. The predicted octanol–water partition coefficient (Wildman–Crippen LogP) is 4.47. The first kappa shape index (κ1) is 29.4. The molecule has 0 aliphatic carbocycles. The lowest BCUT2D eigenvalue weighted by molar-refractivity contribution is -0.116. The lowest BCUT2D eigenvalue weighted by Gasteiger charge is -2.23. The Morgan fingerprint density at radius 3 is 2.81 bits per heavy atom. The fraction of sp³-hybridized carbons (Fsp3) is 0.333. The Morgan fingerprint density at radius 2 is 2.07 bits per heavy atom. The van der Waals surface area contributed by atoms with Gasteiger partial charge in [-0.2, -0.15) is 9.47 Å². The van der Waals surface area contributed by atoms with Crippen molar-refractivity contribution in [1.29, 1.82) is 0 Å². The maximum atomic E-state index is 13.9. The number of aliphatic hydroxyl groups is 1. The third-order valence-electron chi connectivity index (χ3n) is 6.32. The second-order valence-corrected chi connectivity index (χ2v) is 17.4. The molecule has 2 N–H and O–H groups in total. The quantitative estimate of drug-likeness (QED) is 0.119. The second-order valence-electron chi connectivity index (χ2n) is 11.0. The van der Waals surface area contributed by atoms with Crippen LogP contribution in [0.25, 0.3) is 16.9 Å². The standard InChI is InChI=1S/C27H32FN9O3SSi/c1-18-13-36-23(19-10-31-35(14-19)15-24(39)33-22-5-6-29-11-21(22)28)12-30-26(36)27(32-18)37(17-40-7-8-42(2,3)4)25-9-20(16-38)34-41-25/h5-6,9-14,38H,7-8,15-17H2,1-4H3,(H,29,33,39). The summed E-state index contributed by atoms with van der Waals surface area (Å²) in [6.07, 6.45) is 9.43. The van der Waals surface area contributed by atoms with E-state index in [1.807, 2.05) is 28.5 Å². The summed E-state index contributed by atoms with van der Waals surface area (Å²) in [7, 11) is -1.28. The molecule has 5 heterocycles. The van der Waals surface area contributed by atoms with Crippen molar-refractivity contribution >= 4 is 47.7 Å². The highest BCUT2D eigenvalue weighted by atomic mass is 32.1. The van der Waals surface area contributed by atoms with Gasteiger partial charge in [0.25, 0.3) is 0 Å². The van der Waals surface area contributed by atoms with E-state index >= 15 is 0 Å². The zero-order valence-corrected chi connectivity index (χ0v) is 25.6. The number of ether oxygens (including phenoxy) is 1. The molecule has 0 atom stereocenters. The molecule has 0 aliphatic rings. The largest absolute Gasteiger partial charge is 0.390 e. The van der Waals surface area contributed by atoms with Gasteiger partial charge in [0.2, 0.25) is 5.91 Å². The van der Waals surface area contributed by atoms with Gasteiger partial charge in [-0.3, -0.25) is 23.8 Å². The number of nitrogens with one attached hydrogen (secondary N) is 1. The van der Waals surface area contributed by atoms with Crippen LogP contribution in [0.2, 0.25) is 25.7 Å². The molecule has 12 nitrogen and oxygen atoms in total. The molecule has 1 amide bonds. The van der Waals surface area contributed by atoms with Gasteiger partial charge in [-0.05, 0) is 36.6 Å². The molecule has 220 valence electrons. The molecular formula is C27H32FN9O3SSi. The summed E-state index contributed by atoms with van der Waals surface area (Å²) >= 11 is 1.26. The average Bonchev–Trinajstić information content (AvgIpc) is 3.69. The molecule has 0 spiro atoms. The molecule has 0 unspecified atom stereocenters. The number of amides is 1. The van der Waals surface area contributed by atoms with E-state index in [1.54, 1.807) is 18.6 Å². The van der Waals surface area contributed by atoms with E-state index in [-0.39, 0.29) is 25.6 Å². The zero-order valence-electron chi connectivity index (χ0n) is 23.8. The van der Waals surface area contributed by atoms with Gasteiger partial charge in [0, 0.05) is 38.8 Å². The number of anilines is 3. The molecular weight excluding hydrogens is 578 g/mol. The Labute approximate surface area is 247 Å². The second kappa shape index (κ2) is 12.4. The van der Waals surface area contributed by atoms with Crippen molar-refractivity contribution in [3.63, 3.8) is 0 Å². The molecule has 5 aromatic rings. The van der Waals surface area contributed by atoms with E-state index in [4.69, 9.17) is 14.7 Å². The first-order chi connectivity index (χ1) is 20.1. The minimum Gasteiger partial charge on any atom is -0.390 e. The number of halogens is 1. The number of carbonyl (C=O) groups excluding carboxylic acids is 1. The van der Waals surface area contributed by atoms with Gasteiger partial charge in [-0.25, -0.2) is 14.4 Å². The van der Waals surface area contributed by atoms with Gasteiger partial charge < -0.3 is 15.2 Å². The molecule has 0 saturated heterocycles. The Morgan fingerprint density at radius 1 is 1.24 bits per heavy atom. The van der Waals surface area contributed by atoms with Gasteiger partial charge in [-0.1, -0.05) is 19.6 Å². The number of fused-ring (bicyclic) bond motifs is 1. The number of aliphatic hydroxyl groups excluding tert-OH is 1. The van der Waals surface area contributed by atoms with Crippen LogP contribution >= 0.6 is 11.5 Å². The average molecular weight is 610 g/mol. The summed E-state index contributed by atoms with van der Waals surface area (Å²) < 4.78 is 27.7. The van der Waals surface area contributed by atoms with Crippen molar-refractivity contribution in [3.05, 3.63) is 66.5 Å². The number of rotatable bonds is 12. The van der Waals surface area contributed by atoms with Crippen LogP contribution in [0.3, 0.4) is 0 Å². The smallest absolute Gasteiger partial charge is 0.246 e. The number of nitrogens with zero attached hydrogens (tertiary/aromatic N) is 8. The van der Waals surface area contributed by atoms with Gasteiger partial charge in [0.05, 0.1) is 48.0 Å². The van der Waals surface area contributed by atoms with Crippen LogP contribution in [-0.4, -0.2) is 65.9 Å². The Balaban J connectivity index is 1.42. The molecule has 5 aromatic heterocycles. The van der Waals surface area contributed by atoms with Crippen molar-refractivity contribution in [1.82, 2.24) is 33.5 Å². The number of hydrogen-bond acceptors (Lipinski definition) is 10. The van der Waals surface area contributed by atoms with Crippen molar-refractivity contribution in [2.45, 2.75) is 45.8 Å². The monoisotopic (exact) mass is 609 g/mol. The molecule has 5 rings (SSSR count). The first-order valence-electron chi connectivity index (χ1n) is 13.3. The number of carbonyl (C=O) groups is 1. The Bertz CT molecular complexity index is 1700. The van der Waals surface area contributed by atoms with E-state index < -0.39 is 19.8 Å². The van der Waals surface area contributed by atoms with Crippen molar-refractivity contribution in [2.24, 2.45) is 0 Å². The van der Waals surface area contributed by atoms with Gasteiger partial charge in [0.1, 0.15) is 18.3 Å². The fourth-order valence-electron chi connectivity index (χ4n) is 4.15. The molecule has 15 heteroatoms. The number of imidazole rings is 1. The number of pyridine rings is 1. The van der Waals surface area contributed by atoms with Crippen molar-refractivity contribution < 1.29 is 19.0 Å². The van der Waals surface area contributed by atoms with Crippen LogP contribution in [-0.2, 0) is 22.7 Å². The highest BCUT2D eigenvalue weighted by Crippen LogP contribution is 2.33. The van der Waals surface area contributed by atoms with Crippen LogP contribution in [0.5, 0.6) is 0 Å². The molecule has 42 heavy (non-hydrogen) atoms. The van der Waals surface area contributed by atoms with E-state index in [0.29, 0.717) is 23.8 Å². The van der Waals surface area contributed by atoms with Gasteiger partial charge >= 0.3 is 0 Å². The molecule has 0 fully saturated rings. The van der Waals surface area contributed by atoms with Gasteiger partial charge in [-0.15, -0.1) is 0 Å². The molecule has 0 bridgehead atoms. The summed E-state index contributed by atoms with van der Waals surface area (Å²) in [5, 5.41) is 17.3. The lowest BCUT2D eigenvalue weighted by Crippen LogP contribution is -2.26. The van der Waals surface area contributed by atoms with Crippen LogP contribution in [0.15, 0.2) is 49.3 Å². The van der Waals surface area contributed by atoms with Crippen LogP contribution in [0.4, 0.5) is 20.9 Å². The van der Waals surface area contributed by atoms with Crippen LogP contribution < -0.4 is 10.2 Å². The van der Waals surface area contributed by atoms with E-state index in [2.05, 4.69) is 39.4 Å². The molecule has 0 radical (unpaired) electrons. The predicted molar refractivity (Wildman–Crippen MR) is 161 cm³/mol. The molecule has 0 aromatic carbocycles. The SMILES string of the molecule is Cc1cn2c(-c3cnn(CC(=O)Nc4ccncc4F)c3)cnc2c(N(COCC[Si](C)(C)C)c2cc(CO)ns2)n1. The highest BCUT2D eigenvalue weighted by Gasteiger charge is 2.22.